The van der Waals surface area contributed by atoms with Crippen LogP contribution < -0.4 is 0 Å². The van der Waals surface area contributed by atoms with Crippen molar-refractivity contribution in [1.82, 2.24) is 0 Å². The second kappa shape index (κ2) is 6.31. The monoisotopic (exact) mass is 250 g/mol. The lowest BCUT2D eigenvalue weighted by Gasteiger charge is -2.10. The third-order valence-corrected chi connectivity index (χ3v) is 2.77. The van der Waals surface area contributed by atoms with E-state index in [1.807, 2.05) is 0 Å². The predicted molar refractivity (Wildman–Crippen MR) is 61.1 cm³/mol. The molecule has 1 atom stereocenters. The van der Waals surface area contributed by atoms with E-state index in [-0.39, 0.29) is 5.82 Å². The molecule has 0 aliphatic rings. The van der Waals surface area contributed by atoms with Gasteiger partial charge in [0.25, 0.3) is 0 Å². The van der Waals surface area contributed by atoms with Crippen molar-refractivity contribution >= 4 is 23.2 Å². The summed E-state index contributed by atoms with van der Waals surface area (Å²) in [7, 11) is 0. The van der Waals surface area contributed by atoms with Crippen LogP contribution in [0.15, 0.2) is 18.2 Å². The Bertz CT molecular complexity index is 317. The predicted octanol–water partition coefficient (Wildman–Crippen LogP) is 3.40. The van der Waals surface area contributed by atoms with Crippen molar-refractivity contribution in [2.24, 2.45) is 0 Å². The molecule has 0 spiro atoms. The van der Waals surface area contributed by atoms with Crippen LogP contribution in [0, 0.1) is 5.82 Å². The van der Waals surface area contributed by atoms with Crippen LogP contribution in [0.2, 0.25) is 5.02 Å². The summed E-state index contributed by atoms with van der Waals surface area (Å²) in [6, 6.07) is 4.16. The molecule has 0 aliphatic carbocycles. The third kappa shape index (κ3) is 4.37. The molecular formula is C11H13Cl2FO. The van der Waals surface area contributed by atoms with Gasteiger partial charge in [-0.15, -0.1) is 11.6 Å². The third-order valence-electron chi connectivity index (χ3n) is 2.13. The van der Waals surface area contributed by atoms with Crippen molar-refractivity contribution in [3.8, 4) is 0 Å². The minimum Gasteiger partial charge on any atom is -0.393 e. The lowest BCUT2D eigenvalue weighted by Crippen LogP contribution is -2.11. The van der Waals surface area contributed by atoms with Crippen LogP contribution in [0.25, 0.3) is 0 Å². The normalized spacial score (nSPS) is 12.8. The smallest absolute Gasteiger partial charge is 0.123 e. The van der Waals surface area contributed by atoms with Gasteiger partial charge in [-0.05, 0) is 43.0 Å². The Morgan fingerprint density at radius 2 is 2.13 bits per heavy atom. The van der Waals surface area contributed by atoms with Gasteiger partial charge in [0.05, 0.1) is 6.10 Å². The van der Waals surface area contributed by atoms with Gasteiger partial charge in [-0.25, -0.2) is 4.39 Å². The van der Waals surface area contributed by atoms with Crippen molar-refractivity contribution in [2.45, 2.75) is 25.4 Å². The van der Waals surface area contributed by atoms with Gasteiger partial charge in [0.15, 0.2) is 0 Å². The van der Waals surface area contributed by atoms with Crippen molar-refractivity contribution in [3.05, 3.63) is 34.6 Å². The second-order valence-electron chi connectivity index (χ2n) is 3.42. The van der Waals surface area contributed by atoms with E-state index in [1.165, 1.54) is 18.2 Å². The molecule has 1 rings (SSSR count). The number of aliphatic hydroxyl groups is 1. The lowest BCUT2D eigenvalue weighted by atomic mass is 10.0. The Morgan fingerprint density at radius 1 is 1.40 bits per heavy atom. The highest BCUT2D eigenvalue weighted by Crippen LogP contribution is 2.19. The summed E-state index contributed by atoms with van der Waals surface area (Å²) >= 11 is 11.4. The first-order valence-corrected chi connectivity index (χ1v) is 5.72. The van der Waals surface area contributed by atoms with Crippen LogP contribution >= 0.6 is 23.2 Å². The van der Waals surface area contributed by atoms with Crippen LogP contribution in [-0.4, -0.2) is 17.1 Å². The summed E-state index contributed by atoms with van der Waals surface area (Å²) in [5.74, 6) is 0.187. The zero-order valence-electron chi connectivity index (χ0n) is 8.22. The molecule has 84 valence electrons. The summed E-state index contributed by atoms with van der Waals surface area (Å²) in [5.41, 5.74) is 0.638. The van der Waals surface area contributed by atoms with Gasteiger partial charge in [-0.3, -0.25) is 0 Å². The molecule has 1 aromatic rings. The van der Waals surface area contributed by atoms with Gasteiger partial charge in [0.1, 0.15) is 5.82 Å². The van der Waals surface area contributed by atoms with E-state index in [9.17, 15) is 9.50 Å². The molecule has 1 N–H and O–H groups in total. The molecular weight excluding hydrogens is 238 g/mol. The van der Waals surface area contributed by atoms with Crippen LogP contribution in [0.4, 0.5) is 4.39 Å². The van der Waals surface area contributed by atoms with E-state index in [4.69, 9.17) is 23.2 Å². The average Bonchev–Trinajstić information content (AvgIpc) is 2.20. The minimum atomic E-state index is -0.511. The Morgan fingerprint density at radius 3 is 2.80 bits per heavy atom. The number of hydrogen-bond donors (Lipinski definition) is 1. The minimum absolute atomic E-state index is 0.334. The summed E-state index contributed by atoms with van der Waals surface area (Å²) in [4.78, 5) is 0. The standard InChI is InChI=1S/C11H13Cl2FO/c12-5-1-2-10(15)7-8-6-9(14)3-4-11(8)13/h3-4,6,10,15H,1-2,5,7H2. The molecule has 1 unspecified atom stereocenters. The van der Waals surface area contributed by atoms with E-state index in [0.29, 0.717) is 29.3 Å². The summed E-state index contributed by atoms with van der Waals surface area (Å²) in [5, 5.41) is 10.1. The summed E-state index contributed by atoms with van der Waals surface area (Å²) < 4.78 is 12.9. The molecule has 0 fully saturated rings. The zero-order valence-corrected chi connectivity index (χ0v) is 9.73. The molecule has 0 heterocycles. The van der Waals surface area contributed by atoms with E-state index in [2.05, 4.69) is 0 Å². The number of benzene rings is 1. The topological polar surface area (TPSA) is 20.2 Å². The maximum Gasteiger partial charge on any atom is 0.123 e. The van der Waals surface area contributed by atoms with Crippen LogP contribution in [0.5, 0.6) is 0 Å². The van der Waals surface area contributed by atoms with E-state index < -0.39 is 6.10 Å². The quantitative estimate of drug-likeness (QED) is 0.795. The Balaban J connectivity index is 2.59. The molecule has 1 nitrogen and oxygen atoms in total. The molecule has 1 aromatic carbocycles. The van der Waals surface area contributed by atoms with Crippen molar-refractivity contribution in [1.29, 1.82) is 0 Å². The van der Waals surface area contributed by atoms with Gasteiger partial charge < -0.3 is 5.11 Å². The maximum atomic E-state index is 12.9. The summed E-state index contributed by atoms with van der Waals surface area (Å²) in [6.45, 7) is 0. The van der Waals surface area contributed by atoms with E-state index in [1.54, 1.807) is 0 Å². The van der Waals surface area contributed by atoms with E-state index >= 15 is 0 Å². The Labute approximate surface area is 98.8 Å². The molecule has 0 radical (unpaired) electrons. The molecule has 0 aliphatic heterocycles. The van der Waals surface area contributed by atoms with Gasteiger partial charge in [-0.1, -0.05) is 11.6 Å². The van der Waals surface area contributed by atoms with Crippen LogP contribution in [0.3, 0.4) is 0 Å². The number of halogens is 3. The number of hydrogen-bond acceptors (Lipinski definition) is 1. The molecule has 0 bridgehead atoms. The van der Waals surface area contributed by atoms with Crippen LogP contribution in [0.1, 0.15) is 18.4 Å². The second-order valence-corrected chi connectivity index (χ2v) is 4.21. The number of rotatable bonds is 5. The largest absolute Gasteiger partial charge is 0.393 e. The van der Waals surface area contributed by atoms with Gasteiger partial charge in [0, 0.05) is 10.9 Å². The Hall–Kier alpha value is -0.310. The van der Waals surface area contributed by atoms with Gasteiger partial charge in [0.2, 0.25) is 0 Å². The van der Waals surface area contributed by atoms with Gasteiger partial charge in [-0.2, -0.15) is 0 Å². The van der Waals surface area contributed by atoms with Crippen molar-refractivity contribution in [2.75, 3.05) is 5.88 Å². The van der Waals surface area contributed by atoms with Crippen LogP contribution in [-0.2, 0) is 6.42 Å². The molecule has 15 heavy (non-hydrogen) atoms. The Kier molecular flexibility index (Phi) is 5.37. The highest BCUT2D eigenvalue weighted by molar-refractivity contribution is 6.31. The maximum absolute atomic E-state index is 12.9. The molecule has 4 heteroatoms. The number of alkyl halides is 1. The first kappa shape index (κ1) is 12.8. The SMILES string of the molecule is OC(CCCCl)Cc1cc(F)ccc1Cl. The first-order chi connectivity index (χ1) is 7.13. The molecule has 0 amide bonds. The average molecular weight is 251 g/mol. The fourth-order valence-corrected chi connectivity index (χ4v) is 1.72. The van der Waals surface area contributed by atoms with Gasteiger partial charge >= 0.3 is 0 Å². The molecule has 0 aromatic heterocycles. The molecule has 0 saturated carbocycles. The zero-order chi connectivity index (χ0) is 11.3. The van der Waals surface area contributed by atoms with E-state index in [0.717, 1.165) is 6.42 Å². The fourth-order valence-electron chi connectivity index (χ4n) is 1.37. The summed E-state index contributed by atoms with van der Waals surface area (Å²) in [6.07, 6.45) is 1.21. The molecule has 0 saturated heterocycles. The van der Waals surface area contributed by atoms with Crippen molar-refractivity contribution < 1.29 is 9.50 Å². The lowest BCUT2D eigenvalue weighted by molar-refractivity contribution is 0.164. The fraction of sp³-hybridized carbons (Fsp3) is 0.455. The van der Waals surface area contributed by atoms with Crippen molar-refractivity contribution in [3.63, 3.8) is 0 Å². The highest BCUT2D eigenvalue weighted by atomic mass is 35.5. The highest BCUT2D eigenvalue weighted by Gasteiger charge is 2.09. The first-order valence-electron chi connectivity index (χ1n) is 4.81. The number of aliphatic hydroxyl groups excluding tert-OH is 1.